The van der Waals surface area contributed by atoms with E-state index in [1.807, 2.05) is 41.0 Å². The molecule has 0 bridgehead atoms. The van der Waals surface area contributed by atoms with E-state index >= 15 is 0 Å². The van der Waals surface area contributed by atoms with E-state index in [4.69, 9.17) is 4.74 Å². The van der Waals surface area contributed by atoms with E-state index in [1.54, 1.807) is 37.4 Å². The van der Waals surface area contributed by atoms with Crippen molar-refractivity contribution in [2.24, 2.45) is 0 Å². The first kappa shape index (κ1) is 26.6. The molecule has 200 valence electrons. The minimum Gasteiger partial charge on any atom is -0.497 e. The van der Waals surface area contributed by atoms with Crippen molar-refractivity contribution in [3.63, 3.8) is 0 Å². The third-order valence-corrected chi connectivity index (χ3v) is 6.97. The Morgan fingerprint density at radius 3 is 2.38 bits per heavy atom. The Balaban J connectivity index is 1.36. The summed E-state index contributed by atoms with van der Waals surface area (Å²) in [5.41, 5.74) is 3.24. The molecule has 9 nitrogen and oxygen atoms in total. The molecule has 40 heavy (non-hydrogen) atoms. The van der Waals surface area contributed by atoms with Crippen LogP contribution in [0.1, 0.15) is 15.9 Å². The summed E-state index contributed by atoms with van der Waals surface area (Å²) in [6, 6.07) is 26.4. The van der Waals surface area contributed by atoms with Crippen LogP contribution in [0.4, 0.5) is 15.8 Å². The summed E-state index contributed by atoms with van der Waals surface area (Å²) in [5.74, 6) is 1.01. The van der Waals surface area contributed by atoms with E-state index in [9.17, 15) is 19.3 Å². The zero-order valence-electron chi connectivity index (χ0n) is 21.2. The van der Waals surface area contributed by atoms with Crippen LogP contribution in [0.2, 0.25) is 0 Å². The fourth-order valence-electron chi connectivity index (χ4n) is 3.92. The smallest absolute Gasteiger partial charge is 0.269 e. The number of hydrogen-bond donors (Lipinski definition) is 1. The molecule has 1 aromatic heterocycles. The van der Waals surface area contributed by atoms with Crippen molar-refractivity contribution >= 4 is 29.0 Å². The maximum absolute atomic E-state index is 13.4. The molecule has 1 amide bonds. The van der Waals surface area contributed by atoms with Crippen molar-refractivity contribution in [3.8, 4) is 22.8 Å². The zero-order valence-corrected chi connectivity index (χ0v) is 22.0. The summed E-state index contributed by atoms with van der Waals surface area (Å²) in [5, 5.41) is 23.2. The number of nitro benzene ring substituents is 1. The lowest BCUT2D eigenvalue weighted by atomic mass is 10.1. The number of amides is 1. The molecule has 0 saturated carbocycles. The summed E-state index contributed by atoms with van der Waals surface area (Å²) < 4.78 is 20.6. The van der Waals surface area contributed by atoms with Crippen molar-refractivity contribution in [3.05, 3.63) is 124 Å². The van der Waals surface area contributed by atoms with Crippen LogP contribution in [-0.4, -0.2) is 32.7 Å². The highest BCUT2D eigenvalue weighted by Gasteiger charge is 2.18. The molecule has 1 heterocycles. The first-order valence-corrected chi connectivity index (χ1v) is 13.0. The average Bonchev–Trinajstić information content (AvgIpc) is 3.40. The molecule has 0 aliphatic carbocycles. The highest BCUT2D eigenvalue weighted by Crippen LogP contribution is 2.31. The monoisotopic (exact) mass is 555 g/mol. The Morgan fingerprint density at radius 2 is 1.73 bits per heavy atom. The molecule has 1 N–H and O–H groups in total. The van der Waals surface area contributed by atoms with Crippen molar-refractivity contribution in [2.45, 2.75) is 10.9 Å². The number of aromatic nitrogens is 3. The predicted octanol–water partition coefficient (Wildman–Crippen LogP) is 6.53. The molecule has 0 radical (unpaired) electrons. The Labute approximate surface area is 232 Å². The summed E-state index contributed by atoms with van der Waals surface area (Å²) >= 11 is 1.45. The number of halogens is 1. The van der Waals surface area contributed by atoms with Crippen LogP contribution in [0.5, 0.6) is 5.75 Å². The van der Waals surface area contributed by atoms with Gasteiger partial charge in [-0.15, -0.1) is 10.2 Å². The van der Waals surface area contributed by atoms with Crippen LogP contribution in [0, 0.1) is 15.9 Å². The molecule has 0 saturated heterocycles. The van der Waals surface area contributed by atoms with E-state index < -0.39 is 10.7 Å². The lowest BCUT2D eigenvalue weighted by Gasteiger charge is -2.11. The van der Waals surface area contributed by atoms with Gasteiger partial charge in [-0.3, -0.25) is 19.5 Å². The largest absolute Gasteiger partial charge is 0.497 e. The number of hydrogen-bond acceptors (Lipinski definition) is 7. The first-order valence-electron chi connectivity index (χ1n) is 12.0. The van der Waals surface area contributed by atoms with Crippen molar-refractivity contribution in [1.82, 2.24) is 14.8 Å². The highest BCUT2D eigenvalue weighted by atomic mass is 32.2. The lowest BCUT2D eigenvalue weighted by molar-refractivity contribution is -0.384. The van der Waals surface area contributed by atoms with Gasteiger partial charge in [0.1, 0.15) is 11.6 Å². The number of ether oxygens (including phenoxy) is 1. The van der Waals surface area contributed by atoms with E-state index in [0.29, 0.717) is 39.3 Å². The minimum atomic E-state index is -0.449. The Hall–Kier alpha value is -5.03. The van der Waals surface area contributed by atoms with Crippen LogP contribution in [0.3, 0.4) is 0 Å². The molecule has 11 heteroatoms. The first-order chi connectivity index (χ1) is 19.4. The number of benzene rings is 4. The Kier molecular flexibility index (Phi) is 7.83. The molecule has 0 spiro atoms. The zero-order chi connectivity index (χ0) is 28.1. The third-order valence-electron chi connectivity index (χ3n) is 5.97. The van der Waals surface area contributed by atoms with Crippen LogP contribution in [0.15, 0.2) is 102 Å². The molecule has 0 aliphatic heterocycles. The number of carbonyl (C=O) groups excluding carboxylic acids is 1. The fourth-order valence-corrected chi connectivity index (χ4v) is 4.82. The molecule has 5 rings (SSSR count). The molecule has 0 atom stereocenters. The van der Waals surface area contributed by atoms with Gasteiger partial charge in [0.2, 0.25) is 0 Å². The van der Waals surface area contributed by atoms with Crippen molar-refractivity contribution < 1.29 is 18.8 Å². The second-order valence-electron chi connectivity index (χ2n) is 8.59. The van der Waals surface area contributed by atoms with Crippen LogP contribution in [-0.2, 0) is 5.75 Å². The minimum absolute atomic E-state index is 0.0121. The van der Waals surface area contributed by atoms with Gasteiger partial charge < -0.3 is 10.1 Å². The topological polar surface area (TPSA) is 112 Å². The van der Waals surface area contributed by atoms with Crippen molar-refractivity contribution in [1.29, 1.82) is 0 Å². The van der Waals surface area contributed by atoms with E-state index in [-0.39, 0.29) is 11.6 Å². The lowest BCUT2D eigenvalue weighted by Crippen LogP contribution is -2.11. The maximum atomic E-state index is 13.4. The Bertz CT molecular complexity index is 1660. The standard InChI is InChI=1S/C29H22FN5O4S/c1-39-26-15-13-24(14-16-26)34-27(20-9-11-25(12-10-20)35(37)38)32-33-29(34)40-18-19-5-7-21(8-6-19)28(36)31-23-4-2-3-22(30)17-23/h2-17H,18H2,1H3,(H,31,36). The van der Waals surface area contributed by atoms with Gasteiger partial charge in [-0.1, -0.05) is 30.0 Å². The normalized spacial score (nSPS) is 10.8. The number of nitro groups is 1. The summed E-state index contributed by atoms with van der Waals surface area (Å²) in [6.45, 7) is 0. The van der Waals surface area contributed by atoms with Gasteiger partial charge in [0, 0.05) is 40.4 Å². The number of rotatable bonds is 9. The van der Waals surface area contributed by atoms with Crippen LogP contribution < -0.4 is 10.1 Å². The highest BCUT2D eigenvalue weighted by molar-refractivity contribution is 7.98. The van der Waals surface area contributed by atoms with E-state index in [2.05, 4.69) is 15.5 Å². The van der Waals surface area contributed by atoms with Crippen LogP contribution >= 0.6 is 11.8 Å². The number of non-ortho nitro benzene ring substituents is 1. The SMILES string of the molecule is COc1ccc(-n2c(SCc3ccc(C(=O)Nc4cccc(F)c4)cc3)nnc2-c2ccc([N+](=O)[O-])cc2)cc1. The van der Waals surface area contributed by atoms with Gasteiger partial charge in [-0.25, -0.2) is 4.39 Å². The number of carbonyl (C=O) groups is 1. The number of nitrogens with one attached hydrogen (secondary N) is 1. The third kappa shape index (κ3) is 6.00. The van der Waals surface area contributed by atoms with Gasteiger partial charge in [-0.2, -0.15) is 0 Å². The number of nitrogens with zero attached hydrogens (tertiary/aromatic N) is 4. The molecule has 0 aliphatic rings. The summed E-state index contributed by atoms with van der Waals surface area (Å²) in [7, 11) is 1.59. The average molecular weight is 556 g/mol. The fraction of sp³-hybridized carbons (Fsp3) is 0.0690. The van der Waals surface area contributed by atoms with Gasteiger partial charge in [0.05, 0.1) is 12.0 Å². The summed E-state index contributed by atoms with van der Waals surface area (Å²) in [4.78, 5) is 23.2. The Morgan fingerprint density at radius 1 is 1.00 bits per heavy atom. The quantitative estimate of drug-likeness (QED) is 0.125. The molecular weight excluding hydrogens is 533 g/mol. The van der Waals surface area contributed by atoms with Gasteiger partial charge in [0.15, 0.2) is 11.0 Å². The number of thioether (sulfide) groups is 1. The van der Waals surface area contributed by atoms with Crippen molar-refractivity contribution in [2.75, 3.05) is 12.4 Å². The predicted molar refractivity (Wildman–Crippen MR) is 150 cm³/mol. The van der Waals surface area contributed by atoms with E-state index in [1.165, 1.54) is 42.1 Å². The summed E-state index contributed by atoms with van der Waals surface area (Å²) in [6.07, 6.45) is 0. The van der Waals surface area contributed by atoms with E-state index in [0.717, 1.165) is 11.3 Å². The second kappa shape index (κ2) is 11.8. The number of methoxy groups -OCH3 is 1. The van der Waals surface area contributed by atoms with Gasteiger partial charge in [-0.05, 0) is 72.3 Å². The number of anilines is 1. The van der Waals surface area contributed by atoms with Gasteiger partial charge in [0.25, 0.3) is 11.6 Å². The van der Waals surface area contributed by atoms with Crippen LogP contribution in [0.25, 0.3) is 17.1 Å². The van der Waals surface area contributed by atoms with Gasteiger partial charge >= 0.3 is 0 Å². The molecule has 5 aromatic rings. The molecule has 4 aromatic carbocycles. The molecule has 0 fully saturated rings. The molecular formula is C29H22FN5O4S. The molecule has 0 unspecified atom stereocenters. The maximum Gasteiger partial charge on any atom is 0.269 e. The second-order valence-corrected chi connectivity index (χ2v) is 9.54.